The Morgan fingerprint density at radius 3 is 1.40 bits per heavy atom. The summed E-state index contributed by atoms with van der Waals surface area (Å²) in [6.07, 6.45) is 11.6. The van der Waals surface area contributed by atoms with Crippen LogP contribution < -0.4 is 0 Å². The third kappa shape index (κ3) is 20.5. The van der Waals surface area contributed by atoms with Crippen molar-refractivity contribution in [3.05, 3.63) is 0 Å². The van der Waals surface area contributed by atoms with Crippen LogP contribution in [0.25, 0.3) is 0 Å². The Bertz CT molecular complexity index is 927. The fourth-order valence-corrected chi connectivity index (χ4v) is 7.03. The normalized spacial score (nSPS) is 29.0. The van der Waals surface area contributed by atoms with E-state index in [1.165, 1.54) is 116 Å². The molecule has 0 aromatic heterocycles. The lowest BCUT2D eigenvalue weighted by Crippen LogP contribution is -2.61. The maximum Gasteiger partial charge on any atom is 0.305 e. The first kappa shape index (κ1) is 50.1. The van der Waals surface area contributed by atoms with Gasteiger partial charge < -0.3 is 64.2 Å². The average molecular weight is 795 g/mol. The minimum atomic E-state index is -1.70. The second-order valence-electron chi connectivity index (χ2n) is 15.5. The highest BCUT2D eigenvalue weighted by atomic mass is 16.7. The Hall–Kier alpha value is -1.01. The fraction of sp³-hybridized carbons (Fsp3) is 0.976. The van der Waals surface area contributed by atoms with Gasteiger partial charge in [0.15, 0.2) is 12.6 Å². The van der Waals surface area contributed by atoms with Gasteiger partial charge in [-0.25, -0.2) is 0 Å². The Kier molecular flexibility index (Phi) is 28.2. The minimum Gasteiger partial charge on any atom is -0.457 e. The van der Waals surface area contributed by atoms with E-state index in [0.29, 0.717) is 6.61 Å². The van der Waals surface area contributed by atoms with Gasteiger partial charge in [-0.2, -0.15) is 0 Å². The van der Waals surface area contributed by atoms with Crippen LogP contribution in [0.3, 0.4) is 0 Å². The average Bonchev–Trinajstić information content (AvgIpc) is 3.18. The lowest BCUT2D eigenvalue weighted by atomic mass is 9.98. The van der Waals surface area contributed by atoms with Gasteiger partial charge in [0, 0.05) is 13.0 Å². The number of ether oxygens (including phenoxy) is 6. The lowest BCUT2D eigenvalue weighted by Gasteiger charge is -2.42. The molecule has 55 heavy (non-hydrogen) atoms. The van der Waals surface area contributed by atoms with Crippen molar-refractivity contribution in [2.24, 2.45) is 0 Å². The first-order valence-electron chi connectivity index (χ1n) is 21.6. The summed E-state index contributed by atoms with van der Waals surface area (Å²) in [5.41, 5.74) is 0. The molecule has 326 valence electrons. The summed E-state index contributed by atoms with van der Waals surface area (Å²) in [6.45, 7) is 3.12. The maximum atomic E-state index is 12.1. The number of carbonyl (C=O) groups excluding carboxylic acids is 1. The summed E-state index contributed by atoms with van der Waals surface area (Å²) in [4.78, 5) is 12.1. The van der Waals surface area contributed by atoms with Gasteiger partial charge in [0.25, 0.3) is 0 Å². The first-order valence-corrected chi connectivity index (χ1v) is 21.6. The van der Waals surface area contributed by atoms with Crippen LogP contribution in [0.2, 0.25) is 0 Å². The predicted octanol–water partition coefficient (Wildman–Crippen LogP) is 4.18. The summed E-state index contributed by atoms with van der Waals surface area (Å²) >= 11 is 0. The Balaban J connectivity index is 1.56. The molecule has 2 aliphatic rings. The molecule has 0 saturated carbocycles. The van der Waals surface area contributed by atoms with E-state index in [4.69, 9.17) is 28.4 Å². The summed E-state index contributed by atoms with van der Waals surface area (Å²) in [5.74, 6) is -0.461. The standard InChI is InChI=1S/C41H78O14/c1-3-5-6-7-8-9-10-11-12-13-14-15-16-17-18-19-20-21-22-23-24-25-50-27-30(53-33(43)4-2)28-51-40-39(49)37(47)35(45)32(55-40)29-52-41-38(48)36(46)34(44)31(26-42)54-41/h30-32,34-42,44-49H,3-29H2,1-2H3. The van der Waals surface area contributed by atoms with Gasteiger partial charge >= 0.3 is 5.97 Å². The number of unbranched alkanes of at least 4 members (excludes halogenated alkanes) is 20. The summed E-state index contributed by atoms with van der Waals surface area (Å²) in [6, 6.07) is 0. The second kappa shape index (κ2) is 31.0. The number of esters is 1. The molecule has 14 nitrogen and oxygen atoms in total. The van der Waals surface area contributed by atoms with Crippen molar-refractivity contribution in [3.63, 3.8) is 0 Å². The third-order valence-electron chi connectivity index (χ3n) is 10.7. The Labute approximate surface area is 330 Å². The third-order valence-corrected chi connectivity index (χ3v) is 10.7. The van der Waals surface area contributed by atoms with Crippen molar-refractivity contribution >= 4 is 5.97 Å². The van der Waals surface area contributed by atoms with Crippen LogP contribution in [0.4, 0.5) is 0 Å². The van der Waals surface area contributed by atoms with E-state index in [9.17, 15) is 40.5 Å². The van der Waals surface area contributed by atoms with E-state index >= 15 is 0 Å². The maximum absolute atomic E-state index is 12.1. The summed E-state index contributed by atoms with van der Waals surface area (Å²) < 4.78 is 33.4. The highest BCUT2D eigenvalue weighted by molar-refractivity contribution is 5.69. The second-order valence-corrected chi connectivity index (χ2v) is 15.5. The number of aliphatic hydroxyl groups excluding tert-OH is 7. The number of carbonyl (C=O) groups is 1. The zero-order valence-corrected chi connectivity index (χ0v) is 33.9. The number of rotatable bonds is 33. The molecule has 2 rings (SSSR count). The Morgan fingerprint density at radius 2 is 0.945 bits per heavy atom. The van der Waals surface area contributed by atoms with Crippen molar-refractivity contribution in [2.75, 3.05) is 33.0 Å². The topological polar surface area (TPSA) is 214 Å². The van der Waals surface area contributed by atoms with Crippen molar-refractivity contribution in [3.8, 4) is 0 Å². The molecule has 0 aliphatic carbocycles. The molecule has 7 N–H and O–H groups in total. The zero-order valence-electron chi connectivity index (χ0n) is 33.9. The van der Waals surface area contributed by atoms with Gasteiger partial charge in [-0.15, -0.1) is 0 Å². The van der Waals surface area contributed by atoms with Crippen LogP contribution >= 0.6 is 0 Å². The van der Waals surface area contributed by atoms with Gasteiger partial charge in [0.2, 0.25) is 0 Å². The van der Waals surface area contributed by atoms with Gasteiger partial charge in [0.05, 0.1) is 26.4 Å². The molecule has 0 radical (unpaired) electrons. The largest absolute Gasteiger partial charge is 0.457 e. The van der Waals surface area contributed by atoms with Crippen molar-refractivity contribution in [2.45, 2.75) is 223 Å². The van der Waals surface area contributed by atoms with E-state index < -0.39 is 86.7 Å². The molecule has 0 spiro atoms. The van der Waals surface area contributed by atoms with Gasteiger partial charge in [-0.05, 0) is 6.42 Å². The number of aliphatic hydroxyl groups is 7. The van der Waals surface area contributed by atoms with Gasteiger partial charge in [0.1, 0.15) is 54.9 Å². The Morgan fingerprint density at radius 1 is 0.527 bits per heavy atom. The molecule has 0 bridgehead atoms. The lowest BCUT2D eigenvalue weighted by molar-refractivity contribution is -0.332. The van der Waals surface area contributed by atoms with Crippen LogP contribution in [0, 0.1) is 0 Å². The van der Waals surface area contributed by atoms with Crippen molar-refractivity contribution in [1.29, 1.82) is 0 Å². The highest BCUT2D eigenvalue weighted by Gasteiger charge is 2.47. The van der Waals surface area contributed by atoms with Crippen LogP contribution in [0.1, 0.15) is 155 Å². The molecule has 0 amide bonds. The molecule has 14 heteroatoms. The molecule has 11 unspecified atom stereocenters. The van der Waals surface area contributed by atoms with Crippen molar-refractivity contribution in [1.82, 2.24) is 0 Å². The highest BCUT2D eigenvalue weighted by Crippen LogP contribution is 2.26. The smallest absolute Gasteiger partial charge is 0.305 e. The van der Waals surface area contributed by atoms with E-state index in [1.807, 2.05) is 0 Å². The van der Waals surface area contributed by atoms with E-state index in [2.05, 4.69) is 6.92 Å². The monoisotopic (exact) mass is 795 g/mol. The van der Waals surface area contributed by atoms with Crippen molar-refractivity contribution < 1.29 is 69.0 Å². The molecular weight excluding hydrogens is 716 g/mol. The van der Waals surface area contributed by atoms with Gasteiger partial charge in [-0.3, -0.25) is 4.79 Å². The minimum absolute atomic E-state index is 0.0581. The molecule has 2 saturated heterocycles. The van der Waals surface area contributed by atoms with Gasteiger partial charge in [-0.1, -0.05) is 142 Å². The van der Waals surface area contributed by atoms with E-state index in [-0.39, 0.29) is 19.6 Å². The summed E-state index contributed by atoms with van der Waals surface area (Å²) in [5, 5.41) is 71.1. The SMILES string of the molecule is CCCCCCCCCCCCCCCCCCCCCCCOCC(COC1OC(COC2OC(CO)C(O)C(O)C2O)C(O)C(O)C1O)OC(=O)CC. The zero-order chi connectivity index (χ0) is 40.3. The molecule has 2 fully saturated rings. The quantitative estimate of drug-likeness (QED) is 0.0367. The molecule has 2 aliphatic heterocycles. The van der Waals surface area contributed by atoms with Crippen LogP contribution in [-0.2, 0) is 33.2 Å². The van der Waals surface area contributed by atoms with E-state index in [0.717, 1.165) is 19.3 Å². The first-order chi connectivity index (χ1) is 26.6. The van der Waals surface area contributed by atoms with Crippen LogP contribution in [0.5, 0.6) is 0 Å². The molecule has 0 aromatic rings. The number of hydrogen-bond donors (Lipinski definition) is 7. The predicted molar refractivity (Wildman–Crippen MR) is 206 cm³/mol. The molecule has 0 aromatic carbocycles. The number of hydrogen-bond acceptors (Lipinski definition) is 14. The van der Waals surface area contributed by atoms with Crippen LogP contribution in [0.15, 0.2) is 0 Å². The van der Waals surface area contributed by atoms with Crippen LogP contribution in [-0.4, -0.2) is 142 Å². The molecule has 2 heterocycles. The molecule has 11 atom stereocenters. The van der Waals surface area contributed by atoms with E-state index in [1.54, 1.807) is 6.92 Å². The fourth-order valence-electron chi connectivity index (χ4n) is 7.03. The summed E-state index contributed by atoms with van der Waals surface area (Å²) in [7, 11) is 0. The molecular formula is C41H78O14.